The number of benzene rings is 1. The van der Waals surface area contributed by atoms with E-state index in [4.69, 9.17) is 5.73 Å². The van der Waals surface area contributed by atoms with Gasteiger partial charge >= 0.3 is 0 Å². The smallest absolute Gasteiger partial charge is 0.251 e. The molecule has 108 valence electrons. The molecular formula is C15H16N4O2. The number of carbonyl (C=O) groups excluding carboxylic acids is 2. The molecular weight excluding hydrogens is 268 g/mol. The Morgan fingerprint density at radius 3 is 2.57 bits per heavy atom. The van der Waals surface area contributed by atoms with Crippen molar-refractivity contribution in [3.8, 4) is 0 Å². The fourth-order valence-corrected chi connectivity index (χ4v) is 2.00. The zero-order chi connectivity index (χ0) is 15.2. The van der Waals surface area contributed by atoms with Crippen molar-refractivity contribution < 1.29 is 9.59 Å². The van der Waals surface area contributed by atoms with Crippen LogP contribution in [-0.2, 0) is 11.2 Å². The van der Waals surface area contributed by atoms with E-state index in [0.717, 1.165) is 5.56 Å². The third-order valence-electron chi connectivity index (χ3n) is 2.99. The second-order valence-corrected chi connectivity index (χ2v) is 4.57. The maximum Gasteiger partial charge on any atom is 0.251 e. The van der Waals surface area contributed by atoms with Crippen molar-refractivity contribution in [2.45, 2.75) is 19.8 Å². The Bertz CT molecular complexity index is 656. The number of aromatic nitrogens is 2. The van der Waals surface area contributed by atoms with Gasteiger partial charge in [-0.05, 0) is 24.6 Å². The molecule has 0 unspecified atom stereocenters. The summed E-state index contributed by atoms with van der Waals surface area (Å²) < 4.78 is 0. The molecule has 2 amide bonds. The second-order valence-electron chi connectivity index (χ2n) is 4.57. The Hall–Kier alpha value is -2.76. The van der Waals surface area contributed by atoms with Gasteiger partial charge in [-0.25, -0.2) is 9.97 Å². The molecule has 0 radical (unpaired) electrons. The molecule has 0 fully saturated rings. The number of hydrogen-bond acceptors (Lipinski definition) is 4. The zero-order valence-electron chi connectivity index (χ0n) is 11.7. The maximum atomic E-state index is 12.0. The number of aryl methyl sites for hydroxylation is 2. The summed E-state index contributed by atoms with van der Waals surface area (Å²) in [7, 11) is 0. The number of nitrogens with zero attached hydrogens (tertiary/aromatic N) is 2. The molecule has 0 spiro atoms. The Morgan fingerprint density at radius 2 is 1.90 bits per heavy atom. The summed E-state index contributed by atoms with van der Waals surface area (Å²) in [6.07, 6.45) is 3.93. The molecule has 0 aliphatic rings. The fraction of sp³-hybridized carbons (Fsp3) is 0.200. The first-order valence-electron chi connectivity index (χ1n) is 6.53. The van der Waals surface area contributed by atoms with Crippen molar-refractivity contribution in [2.24, 2.45) is 5.73 Å². The average Bonchev–Trinajstić information content (AvgIpc) is 2.46. The van der Waals surface area contributed by atoms with Crippen molar-refractivity contribution in [1.82, 2.24) is 9.97 Å². The number of rotatable bonds is 5. The molecule has 1 aromatic heterocycles. The summed E-state index contributed by atoms with van der Waals surface area (Å²) in [5.74, 6) is -0.169. The molecule has 21 heavy (non-hydrogen) atoms. The molecule has 3 N–H and O–H groups in total. The van der Waals surface area contributed by atoms with Gasteiger partial charge in [0.1, 0.15) is 5.82 Å². The van der Waals surface area contributed by atoms with Gasteiger partial charge in [-0.15, -0.1) is 0 Å². The van der Waals surface area contributed by atoms with Crippen LogP contribution >= 0.6 is 0 Å². The van der Waals surface area contributed by atoms with Gasteiger partial charge in [0.25, 0.3) is 5.91 Å². The van der Waals surface area contributed by atoms with Gasteiger partial charge in [0.05, 0.1) is 11.3 Å². The van der Waals surface area contributed by atoms with Gasteiger partial charge in [-0.2, -0.15) is 0 Å². The summed E-state index contributed by atoms with van der Waals surface area (Å²) in [5, 5.41) is 2.71. The predicted octanol–water partition coefficient (Wildman–Crippen LogP) is 1.46. The van der Waals surface area contributed by atoms with Gasteiger partial charge < -0.3 is 11.1 Å². The molecule has 0 aliphatic heterocycles. The number of anilines is 1. The molecule has 2 rings (SSSR count). The van der Waals surface area contributed by atoms with Crippen LogP contribution in [0.15, 0.2) is 36.7 Å². The van der Waals surface area contributed by atoms with Crippen LogP contribution in [-0.4, -0.2) is 21.8 Å². The van der Waals surface area contributed by atoms with E-state index in [1.54, 1.807) is 43.6 Å². The molecule has 1 heterocycles. The number of primary amides is 1. The molecule has 0 aliphatic carbocycles. The van der Waals surface area contributed by atoms with Crippen LogP contribution < -0.4 is 11.1 Å². The summed E-state index contributed by atoms with van der Waals surface area (Å²) in [5.41, 5.74) is 6.84. The highest BCUT2D eigenvalue weighted by Crippen LogP contribution is 2.19. The topological polar surface area (TPSA) is 98.0 Å². The van der Waals surface area contributed by atoms with Gasteiger partial charge in [0, 0.05) is 25.2 Å². The van der Waals surface area contributed by atoms with Gasteiger partial charge in [0.15, 0.2) is 0 Å². The summed E-state index contributed by atoms with van der Waals surface area (Å²) >= 11 is 0. The van der Waals surface area contributed by atoms with E-state index in [0.29, 0.717) is 23.5 Å². The van der Waals surface area contributed by atoms with Crippen LogP contribution in [0.5, 0.6) is 0 Å². The quantitative estimate of drug-likeness (QED) is 0.868. The lowest BCUT2D eigenvalue weighted by Crippen LogP contribution is -2.19. The van der Waals surface area contributed by atoms with E-state index in [1.165, 1.54) is 0 Å². The maximum absolute atomic E-state index is 12.0. The Labute approximate surface area is 122 Å². The normalized spacial score (nSPS) is 10.1. The molecule has 0 bridgehead atoms. The van der Waals surface area contributed by atoms with Crippen LogP contribution in [0.3, 0.4) is 0 Å². The molecule has 0 atom stereocenters. The van der Waals surface area contributed by atoms with Crippen molar-refractivity contribution in [3.63, 3.8) is 0 Å². The van der Waals surface area contributed by atoms with E-state index >= 15 is 0 Å². The van der Waals surface area contributed by atoms with E-state index in [1.807, 2.05) is 0 Å². The van der Waals surface area contributed by atoms with E-state index < -0.39 is 5.91 Å². The lowest BCUT2D eigenvalue weighted by atomic mass is 10.1. The number of hydrogen-bond donors (Lipinski definition) is 2. The van der Waals surface area contributed by atoms with Crippen LogP contribution in [0.2, 0.25) is 0 Å². The van der Waals surface area contributed by atoms with Crippen LogP contribution in [0.1, 0.15) is 28.2 Å². The summed E-state index contributed by atoms with van der Waals surface area (Å²) in [6.45, 7) is 1.77. The number of nitrogens with one attached hydrogen (secondary N) is 1. The highest BCUT2D eigenvalue weighted by Gasteiger charge is 2.13. The number of nitrogens with two attached hydrogens (primary N) is 1. The molecule has 0 saturated heterocycles. The first-order chi connectivity index (χ1) is 10.1. The van der Waals surface area contributed by atoms with Crippen LogP contribution in [0, 0.1) is 6.92 Å². The van der Waals surface area contributed by atoms with E-state index in [9.17, 15) is 9.59 Å². The molecule has 1 aromatic carbocycles. The molecule has 6 heteroatoms. The SMILES string of the molecule is Cc1cccc(NC(=O)CCc2ncccn2)c1C(N)=O. The summed E-state index contributed by atoms with van der Waals surface area (Å²) in [6, 6.07) is 6.91. The molecule has 6 nitrogen and oxygen atoms in total. The van der Waals surface area contributed by atoms with Crippen molar-refractivity contribution in [2.75, 3.05) is 5.32 Å². The van der Waals surface area contributed by atoms with Crippen molar-refractivity contribution in [1.29, 1.82) is 0 Å². The standard InChI is InChI=1S/C15H16N4O2/c1-10-4-2-5-11(14(10)15(16)21)19-13(20)7-6-12-17-8-3-9-18-12/h2-5,8-9H,6-7H2,1H3,(H2,16,21)(H,19,20). The highest BCUT2D eigenvalue weighted by molar-refractivity contribution is 6.04. The first-order valence-corrected chi connectivity index (χ1v) is 6.53. The van der Waals surface area contributed by atoms with E-state index in [-0.39, 0.29) is 12.3 Å². The predicted molar refractivity (Wildman–Crippen MR) is 78.7 cm³/mol. The minimum atomic E-state index is -0.560. The third kappa shape index (κ3) is 3.85. The lowest BCUT2D eigenvalue weighted by Gasteiger charge is -2.11. The lowest BCUT2D eigenvalue weighted by molar-refractivity contribution is -0.116. The monoisotopic (exact) mass is 284 g/mol. The Balaban J connectivity index is 2.03. The number of carbonyl (C=O) groups is 2. The van der Waals surface area contributed by atoms with Gasteiger partial charge in [-0.3, -0.25) is 9.59 Å². The van der Waals surface area contributed by atoms with Crippen molar-refractivity contribution in [3.05, 3.63) is 53.6 Å². The molecule has 0 saturated carbocycles. The first kappa shape index (κ1) is 14.6. The van der Waals surface area contributed by atoms with Crippen LogP contribution in [0.25, 0.3) is 0 Å². The highest BCUT2D eigenvalue weighted by atomic mass is 16.2. The van der Waals surface area contributed by atoms with E-state index in [2.05, 4.69) is 15.3 Å². The third-order valence-corrected chi connectivity index (χ3v) is 2.99. The van der Waals surface area contributed by atoms with Gasteiger partial charge in [0.2, 0.25) is 5.91 Å². The van der Waals surface area contributed by atoms with Gasteiger partial charge in [-0.1, -0.05) is 12.1 Å². The Kier molecular flexibility index (Phi) is 4.61. The number of amides is 2. The minimum Gasteiger partial charge on any atom is -0.366 e. The zero-order valence-corrected chi connectivity index (χ0v) is 11.7. The average molecular weight is 284 g/mol. The van der Waals surface area contributed by atoms with Crippen molar-refractivity contribution >= 4 is 17.5 Å². The largest absolute Gasteiger partial charge is 0.366 e. The molecule has 2 aromatic rings. The Morgan fingerprint density at radius 1 is 1.19 bits per heavy atom. The summed E-state index contributed by atoms with van der Waals surface area (Å²) in [4.78, 5) is 31.5. The van der Waals surface area contributed by atoms with Crippen LogP contribution in [0.4, 0.5) is 5.69 Å². The second kappa shape index (κ2) is 6.60. The minimum absolute atomic E-state index is 0.212. The fourth-order valence-electron chi connectivity index (χ4n) is 2.00.